The van der Waals surface area contributed by atoms with Crippen LogP contribution in [0, 0.1) is 11.3 Å². The van der Waals surface area contributed by atoms with Gasteiger partial charge in [-0.15, -0.1) is 11.8 Å². The number of carbonyl (C=O) groups excluding carboxylic acids is 1. The predicted molar refractivity (Wildman–Crippen MR) is 65.4 cm³/mol. The van der Waals surface area contributed by atoms with Crippen LogP contribution in [-0.4, -0.2) is 30.2 Å². The summed E-state index contributed by atoms with van der Waals surface area (Å²) in [5.41, 5.74) is 0. The highest BCUT2D eigenvalue weighted by atomic mass is 35.5. The van der Waals surface area contributed by atoms with E-state index in [0.717, 1.165) is 4.90 Å². The van der Waals surface area contributed by atoms with Crippen molar-refractivity contribution in [3.8, 4) is 6.07 Å². The zero-order chi connectivity index (χ0) is 12.0. The van der Waals surface area contributed by atoms with E-state index < -0.39 is 0 Å². The molecule has 1 aromatic carbocycles. The molecule has 0 aliphatic heterocycles. The second-order valence-electron chi connectivity index (χ2n) is 3.15. The normalized spacial score (nSPS) is 9.56. The van der Waals surface area contributed by atoms with Gasteiger partial charge in [0, 0.05) is 17.0 Å². The number of halogens is 1. The first-order valence-corrected chi connectivity index (χ1v) is 5.99. The monoisotopic (exact) mass is 254 g/mol. The van der Waals surface area contributed by atoms with Crippen molar-refractivity contribution in [2.75, 3.05) is 19.3 Å². The summed E-state index contributed by atoms with van der Waals surface area (Å²) in [6.07, 6.45) is 0. The molecule has 0 aliphatic carbocycles. The van der Waals surface area contributed by atoms with Crippen LogP contribution >= 0.6 is 23.4 Å². The minimum absolute atomic E-state index is 0.0542. The number of rotatable bonds is 4. The van der Waals surface area contributed by atoms with E-state index in [1.807, 2.05) is 18.2 Å². The molecule has 84 valence electrons. The largest absolute Gasteiger partial charge is 0.332 e. The number of nitriles is 1. The Hall–Kier alpha value is -1.18. The molecule has 0 unspecified atom stereocenters. The van der Waals surface area contributed by atoms with E-state index in [9.17, 15) is 4.79 Å². The minimum atomic E-state index is -0.0542. The summed E-state index contributed by atoms with van der Waals surface area (Å²) in [5.74, 6) is 0.279. The zero-order valence-electron chi connectivity index (χ0n) is 8.81. The SMILES string of the molecule is CN(CC#N)C(=O)CSc1ccc(Cl)cc1. The van der Waals surface area contributed by atoms with Crippen LogP contribution in [0.15, 0.2) is 29.2 Å². The smallest absolute Gasteiger partial charge is 0.233 e. The van der Waals surface area contributed by atoms with E-state index in [0.29, 0.717) is 10.8 Å². The first-order chi connectivity index (χ1) is 7.63. The van der Waals surface area contributed by atoms with Gasteiger partial charge in [-0.05, 0) is 24.3 Å². The van der Waals surface area contributed by atoms with Gasteiger partial charge in [0.15, 0.2) is 0 Å². The molecule has 0 spiro atoms. The Bertz CT molecular complexity index is 399. The molecule has 1 aromatic rings. The van der Waals surface area contributed by atoms with Gasteiger partial charge in [0.25, 0.3) is 0 Å². The summed E-state index contributed by atoms with van der Waals surface area (Å²) in [6, 6.07) is 9.23. The van der Waals surface area contributed by atoms with E-state index in [1.165, 1.54) is 16.7 Å². The second kappa shape index (κ2) is 6.41. The van der Waals surface area contributed by atoms with Crippen LogP contribution in [0.5, 0.6) is 0 Å². The molecular formula is C11H11ClN2OS. The van der Waals surface area contributed by atoms with Crippen molar-refractivity contribution < 1.29 is 4.79 Å². The van der Waals surface area contributed by atoms with Crippen LogP contribution in [0.2, 0.25) is 5.02 Å². The lowest BCUT2D eigenvalue weighted by atomic mass is 10.4. The molecule has 0 bridgehead atoms. The van der Waals surface area contributed by atoms with Crippen LogP contribution in [0.3, 0.4) is 0 Å². The van der Waals surface area contributed by atoms with Crippen molar-refractivity contribution in [3.05, 3.63) is 29.3 Å². The molecule has 3 nitrogen and oxygen atoms in total. The van der Waals surface area contributed by atoms with Crippen molar-refractivity contribution in [3.63, 3.8) is 0 Å². The number of benzene rings is 1. The van der Waals surface area contributed by atoms with Crippen LogP contribution in [0.25, 0.3) is 0 Å². The van der Waals surface area contributed by atoms with Crippen molar-refractivity contribution in [1.82, 2.24) is 4.90 Å². The van der Waals surface area contributed by atoms with Crippen molar-refractivity contribution in [1.29, 1.82) is 5.26 Å². The summed E-state index contributed by atoms with van der Waals surface area (Å²) in [7, 11) is 1.62. The topological polar surface area (TPSA) is 44.1 Å². The van der Waals surface area contributed by atoms with E-state index in [-0.39, 0.29) is 12.5 Å². The Morgan fingerprint density at radius 2 is 2.12 bits per heavy atom. The van der Waals surface area contributed by atoms with Gasteiger partial charge < -0.3 is 4.90 Å². The molecule has 0 saturated carbocycles. The number of carbonyl (C=O) groups is 1. The third-order valence-electron chi connectivity index (χ3n) is 1.91. The average Bonchev–Trinajstić information content (AvgIpc) is 2.28. The van der Waals surface area contributed by atoms with Gasteiger partial charge in [0.05, 0.1) is 11.8 Å². The molecule has 0 aromatic heterocycles. The number of hydrogen-bond acceptors (Lipinski definition) is 3. The fourth-order valence-corrected chi connectivity index (χ4v) is 1.95. The second-order valence-corrected chi connectivity index (χ2v) is 4.64. The third-order valence-corrected chi connectivity index (χ3v) is 3.16. The molecule has 0 N–H and O–H groups in total. The molecule has 1 amide bonds. The van der Waals surface area contributed by atoms with Crippen LogP contribution < -0.4 is 0 Å². The first-order valence-electron chi connectivity index (χ1n) is 4.63. The van der Waals surface area contributed by atoms with Gasteiger partial charge in [0.2, 0.25) is 5.91 Å². The predicted octanol–water partition coefficient (Wildman–Crippen LogP) is 2.41. The maximum Gasteiger partial charge on any atom is 0.233 e. The number of nitrogens with zero attached hydrogens (tertiary/aromatic N) is 2. The molecule has 0 heterocycles. The maximum absolute atomic E-state index is 11.5. The van der Waals surface area contributed by atoms with Gasteiger partial charge in [0.1, 0.15) is 6.54 Å². The molecule has 0 fully saturated rings. The van der Waals surface area contributed by atoms with Gasteiger partial charge in [-0.1, -0.05) is 11.6 Å². The Labute approximate surface area is 104 Å². The molecule has 0 atom stereocenters. The standard InChI is InChI=1S/C11H11ClN2OS/c1-14(7-6-13)11(15)8-16-10-4-2-9(12)3-5-10/h2-5H,7-8H2,1H3. The van der Waals surface area contributed by atoms with E-state index in [1.54, 1.807) is 19.2 Å². The molecule has 0 saturated heterocycles. The average molecular weight is 255 g/mol. The highest BCUT2D eigenvalue weighted by Crippen LogP contribution is 2.20. The number of amides is 1. The summed E-state index contributed by atoms with van der Waals surface area (Å²) in [6.45, 7) is 0.125. The molecule has 16 heavy (non-hydrogen) atoms. The van der Waals surface area contributed by atoms with Crippen LogP contribution in [-0.2, 0) is 4.79 Å². The number of thioether (sulfide) groups is 1. The van der Waals surface area contributed by atoms with Gasteiger partial charge >= 0.3 is 0 Å². The first kappa shape index (κ1) is 12.9. The van der Waals surface area contributed by atoms with Gasteiger partial charge in [-0.3, -0.25) is 4.79 Å². The highest BCUT2D eigenvalue weighted by molar-refractivity contribution is 8.00. The lowest BCUT2D eigenvalue weighted by molar-refractivity contribution is -0.126. The van der Waals surface area contributed by atoms with Crippen LogP contribution in [0.4, 0.5) is 0 Å². The fourth-order valence-electron chi connectivity index (χ4n) is 0.980. The molecule has 0 radical (unpaired) electrons. The summed E-state index contributed by atoms with van der Waals surface area (Å²) < 4.78 is 0. The Kier molecular flexibility index (Phi) is 5.17. The van der Waals surface area contributed by atoms with E-state index in [2.05, 4.69) is 0 Å². The Morgan fingerprint density at radius 3 is 2.69 bits per heavy atom. The molecular weight excluding hydrogens is 244 g/mol. The highest BCUT2D eigenvalue weighted by Gasteiger charge is 2.08. The molecule has 5 heteroatoms. The van der Waals surface area contributed by atoms with Crippen LogP contribution in [0.1, 0.15) is 0 Å². The lowest BCUT2D eigenvalue weighted by Crippen LogP contribution is -2.28. The fraction of sp³-hybridized carbons (Fsp3) is 0.273. The van der Waals surface area contributed by atoms with E-state index >= 15 is 0 Å². The summed E-state index contributed by atoms with van der Waals surface area (Å²) in [5, 5.41) is 9.11. The number of hydrogen-bond donors (Lipinski definition) is 0. The van der Waals surface area contributed by atoms with Gasteiger partial charge in [-0.2, -0.15) is 5.26 Å². The maximum atomic E-state index is 11.5. The van der Waals surface area contributed by atoms with E-state index in [4.69, 9.17) is 16.9 Å². The summed E-state index contributed by atoms with van der Waals surface area (Å²) >= 11 is 7.18. The molecule has 0 aliphatic rings. The Balaban J connectivity index is 2.43. The molecule has 1 rings (SSSR count). The third kappa shape index (κ3) is 4.13. The quantitative estimate of drug-likeness (QED) is 0.612. The van der Waals surface area contributed by atoms with Crippen molar-refractivity contribution in [2.45, 2.75) is 4.90 Å². The zero-order valence-corrected chi connectivity index (χ0v) is 10.4. The minimum Gasteiger partial charge on any atom is -0.332 e. The summed E-state index contributed by atoms with van der Waals surface area (Å²) in [4.78, 5) is 13.9. The van der Waals surface area contributed by atoms with Gasteiger partial charge in [-0.25, -0.2) is 0 Å². The Morgan fingerprint density at radius 1 is 1.50 bits per heavy atom. The van der Waals surface area contributed by atoms with Crippen molar-refractivity contribution in [2.24, 2.45) is 0 Å². The lowest BCUT2D eigenvalue weighted by Gasteiger charge is -2.12. The van der Waals surface area contributed by atoms with Crippen molar-refractivity contribution >= 4 is 29.3 Å².